The Morgan fingerprint density at radius 2 is 2.44 bits per heavy atom. The molecule has 18 heavy (non-hydrogen) atoms. The Bertz CT molecular complexity index is 408. The highest BCUT2D eigenvalue weighted by Gasteiger charge is 2.23. The van der Waals surface area contributed by atoms with E-state index in [1.54, 1.807) is 21.8 Å². The Morgan fingerprint density at radius 3 is 3.06 bits per heavy atom. The lowest BCUT2D eigenvalue weighted by Crippen LogP contribution is -2.33. The summed E-state index contributed by atoms with van der Waals surface area (Å²) < 4.78 is 7.10. The predicted molar refractivity (Wildman–Crippen MR) is 68.5 cm³/mol. The summed E-state index contributed by atoms with van der Waals surface area (Å²) in [6, 6.07) is 1.98. The van der Waals surface area contributed by atoms with Gasteiger partial charge in [0.25, 0.3) is 5.91 Å². The SMILES string of the molecule is CC(C)n1nccc1C(=O)N(C)CC1CCOC1. The number of carbonyl (C=O) groups is 1. The molecule has 1 amide bonds. The molecule has 0 N–H and O–H groups in total. The van der Waals surface area contributed by atoms with Gasteiger partial charge in [-0.05, 0) is 26.3 Å². The van der Waals surface area contributed by atoms with E-state index >= 15 is 0 Å². The van der Waals surface area contributed by atoms with Crippen LogP contribution in [0.25, 0.3) is 0 Å². The maximum atomic E-state index is 12.3. The molecule has 1 aromatic rings. The Labute approximate surface area is 108 Å². The van der Waals surface area contributed by atoms with E-state index in [1.165, 1.54) is 0 Å². The minimum absolute atomic E-state index is 0.0353. The van der Waals surface area contributed by atoms with Gasteiger partial charge in [-0.1, -0.05) is 0 Å². The number of carbonyl (C=O) groups excluding carboxylic acids is 1. The van der Waals surface area contributed by atoms with Gasteiger partial charge in [-0.3, -0.25) is 9.48 Å². The average molecular weight is 251 g/mol. The number of ether oxygens (including phenoxy) is 1. The second-order valence-electron chi connectivity index (χ2n) is 5.17. The predicted octanol–water partition coefficient (Wildman–Crippen LogP) is 1.57. The van der Waals surface area contributed by atoms with E-state index in [4.69, 9.17) is 4.74 Å². The van der Waals surface area contributed by atoms with Gasteiger partial charge in [-0.15, -0.1) is 0 Å². The summed E-state index contributed by atoms with van der Waals surface area (Å²) in [7, 11) is 1.85. The van der Waals surface area contributed by atoms with Crippen molar-refractivity contribution in [1.82, 2.24) is 14.7 Å². The molecule has 1 unspecified atom stereocenters. The zero-order chi connectivity index (χ0) is 13.1. The zero-order valence-corrected chi connectivity index (χ0v) is 11.3. The number of nitrogens with zero attached hydrogens (tertiary/aromatic N) is 3. The Morgan fingerprint density at radius 1 is 1.67 bits per heavy atom. The lowest BCUT2D eigenvalue weighted by atomic mass is 10.1. The normalized spacial score (nSPS) is 19.4. The molecule has 1 aromatic heterocycles. The first-order chi connectivity index (χ1) is 8.59. The zero-order valence-electron chi connectivity index (χ0n) is 11.3. The lowest BCUT2D eigenvalue weighted by molar-refractivity contribution is 0.0751. The Balaban J connectivity index is 2.03. The van der Waals surface area contributed by atoms with E-state index in [1.807, 2.05) is 20.9 Å². The highest BCUT2D eigenvalue weighted by molar-refractivity contribution is 5.92. The third-order valence-electron chi connectivity index (χ3n) is 3.28. The minimum Gasteiger partial charge on any atom is -0.381 e. The molecule has 2 heterocycles. The smallest absolute Gasteiger partial charge is 0.271 e. The van der Waals surface area contributed by atoms with Crippen LogP contribution in [-0.4, -0.2) is 47.4 Å². The van der Waals surface area contributed by atoms with E-state index < -0.39 is 0 Å². The topological polar surface area (TPSA) is 47.4 Å². The van der Waals surface area contributed by atoms with Gasteiger partial charge in [0.15, 0.2) is 0 Å². The second-order valence-corrected chi connectivity index (χ2v) is 5.17. The lowest BCUT2D eigenvalue weighted by Gasteiger charge is -2.21. The van der Waals surface area contributed by atoms with Crippen molar-refractivity contribution in [3.63, 3.8) is 0 Å². The van der Waals surface area contributed by atoms with Gasteiger partial charge in [0.2, 0.25) is 0 Å². The molecular formula is C13H21N3O2. The molecule has 0 bridgehead atoms. The third-order valence-corrected chi connectivity index (χ3v) is 3.28. The number of amides is 1. The standard InChI is InChI=1S/C13H21N3O2/c1-10(2)16-12(4-6-14-16)13(17)15(3)8-11-5-7-18-9-11/h4,6,10-11H,5,7-9H2,1-3H3. The van der Waals surface area contributed by atoms with Crippen LogP contribution in [0.5, 0.6) is 0 Å². The van der Waals surface area contributed by atoms with Crippen LogP contribution in [0.1, 0.15) is 36.8 Å². The summed E-state index contributed by atoms with van der Waals surface area (Å²) in [5.74, 6) is 0.502. The van der Waals surface area contributed by atoms with Crippen LogP contribution < -0.4 is 0 Å². The fourth-order valence-electron chi connectivity index (χ4n) is 2.29. The summed E-state index contributed by atoms with van der Waals surface area (Å²) in [6.45, 7) is 6.38. The van der Waals surface area contributed by atoms with E-state index in [0.29, 0.717) is 11.6 Å². The molecule has 1 atom stereocenters. The van der Waals surface area contributed by atoms with E-state index in [2.05, 4.69) is 5.10 Å². The molecule has 0 aliphatic carbocycles. The number of hydrogen-bond acceptors (Lipinski definition) is 3. The van der Waals surface area contributed by atoms with Crippen LogP contribution in [0.15, 0.2) is 12.3 Å². The first-order valence-electron chi connectivity index (χ1n) is 6.46. The Hall–Kier alpha value is -1.36. The molecular weight excluding hydrogens is 230 g/mol. The van der Waals surface area contributed by atoms with Crippen LogP contribution in [0.3, 0.4) is 0 Å². The van der Waals surface area contributed by atoms with Crippen LogP contribution in [-0.2, 0) is 4.74 Å². The maximum absolute atomic E-state index is 12.3. The molecule has 5 heteroatoms. The van der Waals surface area contributed by atoms with Crippen molar-refractivity contribution >= 4 is 5.91 Å². The molecule has 1 fully saturated rings. The highest BCUT2D eigenvalue weighted by atomic mass is 16.5. The van der Waals surface area contributed by atoms with Gasteiger partial charge in [-0.2, -0.15) is 5.10 Å². The van der Waals surface area contributed by atoms with Crippen molar-refractivity contribution in [2.24, 2.45) is 5.92 Å². The quantitative estimate of drug-likeness (QED) is 0.816. The molecule has 100 valence electrons. The number of hydrogen-bond donors (Lipinski definition) is 0. The molecule has 0 saturated carbocycles. The molecule has 0 spiro atoms. The van der Waals surface area contributed by atoms with Gasteiger partial charge < -0.3 is 9.64 Å². The van der Waals surface area contributed by atoms with Crippen molar-refractivity contribution in [3.8, 4) is 0 Å². The van der Waals surface area contributed by atoms with Crippen molar-refractivity contribution in [1.29, 1.82) is 0 Å². The monoisotopic (exact) mass is 251 g/mol. The summed E-state index contributed by atoms with van der Waals surface area (Å²) in [5.41, 5.74) is 0.659. The molecule has 0 aromatic carbocycles. The minimum atomic E-state index is 0.0353. The summed E-state index contributed by atoms with van der Waals surface area (Å²) in [6.07, 6.45) is 2.72. The van der Waals surface area contributed by atoms with Gasteiger partial charge in [0, 0.05) is 38.4 Å². The highest BCUT2D eigenvalue weighted by Crippen LogP contribution is 2.15. The molecule has 5 nitrogen and oxygen atoms in total. The van der Waals surface area contributed by atoms with Crippen molar-refractivity contribution < 1.29 is 9.53 Å². The molecule has 1 saturated heterocycles. The van der Waals surface area contributed by atoms with Crippen molar-refractivity contribution in [2.45, 2.75) is 26.3 Å². The second kappa shape index (κ2) is 5.52. The molecule has 1 aliphatic rings. The van der Waals surface area contributed by atoms with Crippen molar-refractivity contribution in [3.05, 3.63) is 18.0 Å². The fourth-order valence-corrected chi connectivity index (χ4v) is 2.29. The molecule has 1 aliphatic heterocycles. The van der Waals surface area contributed by atoms with Crippen molar-refractivity contribution in [2.75, 3.05) is 26.8 Å². The van der Waals surface area contributed by atoms with Crippen LogP contribution in [0.2, 0.25) is 0 Å². The van der Waals surface area contributed by atoms with Gasteiger partial charge in [0.05, 0.1) is 6.61 Å². The molecule has 2 rings (SSSR count). The number of rotatable bonds is 4. The summed E-state index contributed by atoms with van der Waals surface area (Å²) in [4.78, 5) is 14.1. The van der Waals surface area contributed by atoms with E-state index in [-0.39, 0.29) is 11.9 Å². The fraction of sp³-hybridized carbons (Fsp3) is 0.692. The number of aromatic nitrogens is 2. The first-order valence-corrected chi connectivity index (χ1v) is 6.46. The first kappa shape index (κ1) is 13.1. The third kappa shape index (κ3) is 2.72. The average Bonchev–Trinajstić information content (AvgIpc) is 2.97. The van der Waals surface area contributed by atoms with Gasteiger partial charge >= 0.3 is 0 Å². The maximum Gasteiger partial charge on any atom is 0.271 e. The van der Waals surface area contributed by atoms with Gasteiger partial charge in [0.1, 0.15) is 5.69 Å². The van der Waals surface area contributed by atoms with E-state index in [0.717, 1.165) is 26.2 Å². The van der Waals surface area contributed by atoms with Gasteiger partial charge in [-0.25, -0.2) is 0 Å². The van der Waals surface area contributed by atoms with E-state index in [9.17, 15) is 4.79 Å². The molecule has 0 radical (unpaired) electrons. The Kier molecular flexibility index (Phi) is 4.01. The summed E-state index contributed by atoms with van der Waals surface area (Å²) >= 11 is 0. The largest absolute Gasteiger partial charge is 0.381 e. The van der Waals surface area contributed by atoms with Crippen LogP contribution in [0.4, 0.5) is 0 Å². The summed E-state index contributed by atoms with van der Waals surface area (Å²) in [5, 5.41) is 4.20. The van der Waals surface area contributed by atoms with Crippen LogP contribution in [0, 0.1) is 5.92 Å². The van der Waals surface area contributed by atoms with Crippen LogP contribution >= 0.6 is 0 Å².